The first kappa shape index (κ1) is 12.8. The van der Waals surface area contributed by atoms with Crippen LogP contribution in [0.4, 0.5) is 0 Å². The summed E-state index contributed by atoms with van der Waals surface area (Å²) in [6.07, 6.45) is 1.88. The molecule has 106 valence electrons. The first-order valence-corrected chi connectivity index (χ1v) is 6.66. The van der Waals surface area contributed by atoms with Gasteiger partial charge in [-0.2, -0.15) is 4.98 Å². The Bertz CT molecular complexity index is 619. The van der Waals surface area contributed by atoms with Crippen molar-refractivity contribution in [3.05, 3.63) is 29.2 Å². The molecule has 7 heteroatoms. The van der Waals surface area contributed by atoms with E-state index in [0.717, 1.165) is 19.4 Å². The lowest BCUT2D eigenvalue weighted by atomic mass is 9.97. The van der Waals surface area contributed by atoms with Gasteiger partial charge in [-0.05, 0) is 19.8 Å². The third-order valence-corrected chi connectivity index (χ3v) is 3.46. The molecule has 1 amide bonds. The molecule has 1 aliphatic heterocycles. The normalized spacial score (nSPS) is 19.3. The number of hydrogen-bond donors (Lipinski definition) is 0. The Balaban J connectivity index is 1.73. The van der Waals surface area contributed by atoms with E-state index in [0.29, 0.717) is 29.7 Å². The number of carbonyl (C=O) groups excluding carboxylic acids is 1. The van der Waals surface area contributed by atoms with Crippen LogP contribution in [0, 0.1) is 13.8 Å². The molecule has 0 bridgehead atoms. The van der Waals surface area contributed by atoms with Crippen LogP contribution in [0.2, 0.25) is 0 Å². The van der Waals surface area contributed by atoms with Crippen molar-refractivity contribution < 1.29 is 13.8 Å². The van der Waals surface area contributed by atoms with Crippen LogP contribution < -0.4 is 0 Å². The standard InChI is InChI=1S/C13H16N4O3/c1-8-6-11(15-19-8)13(18)17-5-3-4-10(7-17)12-14-9(2)20-16-12/h6,10H,3-5,7H2,1-2H3. The average molecular weight is 276 g/mol. The van der Waals surface area contributed by atoms with Gasteiger partial charge in [-0.3, -0.25) is 4.79 Å². The summed E-state index contributed by atoms with van der Waals surface area (Å²) in [6, 6.07) is 1.66. The number of carbonyl (C=O) groups is 1. The Kier molecular flexibility index (Phi) is 3.25. The minimum atomic E-state index is -0.105. The van der Waals surface area contributed by atoms with E-state index in [1.807, 2.05) is 0 Å². The van der Waals surface area contributed by atoms with Crippen molar-refractivity contribution in [3.63, 3.8) is 0 Å². The molecule has 2 aromatic heterocycles. The Hall–Kier alpha value is -2.18. The van der Waals surface area contributed by atoms with Crippen molar-refractivity contribution in [2.24, 2.45) is 0 Å². The van der Waals surface area contributed by atoms with Crippen molar-refractivity contribution in [2.45, 2.75) is 32.6 Å². The second-order valence-corrected chi connectivity index (χ2v) is 5.08. The number of likely N-dealkylation sites (tertiary alicyclic amines) is 1. The van der Waals surface area contributed by atoms with Crippen LogP contribution in [0.1, 0.15) is 46.7 Å². The third kappa shape index (κ3) is 2.43. The molecule has 0 aliphatic carbocycles. The van der Waals surface area contributed by atoms with Crippen molar-refractivity contribution >= 4 is 5.91 Å². The fraction of sp³-hybridized carbons (Fsp3) is 0.538. The van der Waals surface area contributed by atoms with Crippen molar-refractivity contribution in [1.82, 2.24) is 20.2 Å². The number of aryl methyl sites for hydroxylation is 2. The van der Waals surface area contributed by atoms with Crippen molar-refractivity contribution in [3.8, 4) is 0 Å². The molecule has 0 spiro atoms. The molecule has 1 saturated heterocycles. The summed E-state index contributed by atoms with van der Waals surface area (Å²) < 4.78 is 9.96. The van der Waals surface area contributed by atoms with E-state index in [-0.39, 0.29) is 11.8 Å². The monoisotopic (exact) mass is 276 g/mol. The lowest BCUT2D eigenvalue weighted by Gasteiger charge is -2.30. The van der Waals surface area contributed by atoms with Crippen LogP contribution in [0.25, 0.3) is 0 Å². The van der Waals surface area contributed by atoms with E-state index in [9.17, 15) is 4.79 Å². The van der Waals surface area contributed by atoms with E-state index in [1.165, 1.54) is 0 Å². The molecule has 3 heterocycles. The summed E-state index contributed by atoms with van der Waals surface area (Å²) >= 11 is 0. The molecule has 1 aliphatic rings. The third-order valence-electron chi connectivity index (χ3n) is 3.46. The summed E-state index contributed by atoms with van der Waals surface area (Å²) in [4.78, 5) is 18.4. The van der Waals surface area contributed by atoms with Crippen LogP contribution in [0.3, 0.4) is 0 Å². The molecule has 3 rings (SSSR count). The van der Waals surface area contributed by atoms with Gasteiger partial charge < -0.3 is 13.9 Å². The minimum absolute atomic E-state index is 0.105. The van der Waals surface area contributed by atoms with E-state index >= 15 is 0 Å². The Morgan fingerprint density at radius 3 is 2.85 bits per heavy atom. The van der Waals surface area contributed by atoms with Gasteiger partial charge in [-0.25, -0.2) is 0 Å². The van der Waals surface area contributed by atoms with Gasteiger partial charge in [-0.1, -0.05) is 10.3 Å². The van der Waals surface area contributed by atoms with Crippen molar-refractivity contribution in [1.29, 1.82) is 0 Å². The molecule has 1 unspecified atom stereocenters. The summed E-state index contributed by atoms with van der Waals surface area (Å²) in [5.74, 6) is 1.88. The second-order valence-electron chi connectivity index (χ2n) is 5.08. The Labute approximate surface area is 115 Å². The number of aromatic nitrogens is 3. The molecule has 0 saturated carbocycles. The lowest BCUT2D eigenvalue weighted by molar-refractivity contribution is 0.0693. The SMILES string of the molecule is Cc1cc(C(=O)N2CCCC(c3noc(C)n3)C2)no1. The highest BCUT2D eigenvalue weighted by molar-refractivity contribution is 5.92. The molecular formula is C13H16N4O3. The van der Waals surface area contributed by atoms with Gasteiger partial charge >= 0.3 is 0 Å². The maximum atomic E-state index is 12.3. The van der Waals surface area contributed by atoms with Crippen LogP contribution in [-0.2, 0) is 0 Å². The zero-order chi connectivity index (χ0) is 14.1. The van der Waals surface area contributed by atoms with Gasteiger partial charge in [0.15, 0.2) is 11.5 Å². The molecule has 1 fully saturated rings. The van der Waals surface area contributed by atoms with E-state index in [1.54, 1.807) is 24.8 Å². The summed E-state index contributed by atoms with van der Waals surface area (Å²) in [5, 5.41) is 7.73. The van der Waals surface area contributed by atoms with Gasteiger partial charge in [0, 0.05) is 32.0 Å². The predicted molar refractivity (Wildman–Crippen MR) is 68.2 cm³/mol. The van der Waals surface area contributed by atoms with E-state index in [4.69, 9.17) is 9.05 Å². The molecule has 1 atom stereocenters. The van der Waals surface area contributed by atoms with Gasteiger partial charge in [-0.15, -0.1) is 0 Å². The highest BCUT2D eigenvalue weighted by atomic mass is 16.5. The highest BCUT2D eigenvalue weighted by Crippen LogP contribution is 2.25. The number of rotatable bonds is 2. The van der Waals surface area contributed by atoms with Crippen LogP contribution >= 0.6 is 0 Å². The molecule has 2 aromatic rings. The van der Waals surface area contributed by atoms with E-state index in [2.05, 4.69) is 15.3 Å². The summed E-state index contributed by atoms with van der Waals surface area (Å²) in [5.41, 5.74) is 0.354. The largest absolute Gasteiger partial charge is 0.361 e. The van der Waals surface area contributed by atoms with Gasteiger partial charge in [0.1, 0.15) is 5.76 Å². The smallest absolute Gasteiger partial charge is 0.276 e. The van der Waals surface area contributed by atoms with Crippen LogP contribution in [0.15, 0.2) is 15.1 Å². The first-order valence-electron chi connectivity index (χ1n) is 6.66. The number of hydrogen-bond acceptors (Lipinski definition) is 6. The van der Waals surface area contributed by atoms with E-state index < -0.39 is 0 Å². The molecule has 0 N–H and O–H groups in total. The van der Waals surface area contributed by atoms with Crippen molar-refractivity contribution in [2.75, 3.05) is 13.1 Å². The maximum absolute atomic E-state index is 12.3. The quantitative estimate of drug-likeness (QED) is 0.829. The summed E-state index contributed by atoms with van der Waals surface area (Å²) in [6.45, 7) is 4.84. The first-order chi connectivity index (χ1) is 9.63. The Morgan fingerprint density at radius 1 is 1.35 bits per heavy atom. The second kappa shape index (κ2) is 5.07. The average Bonchev–Trinajstić information content (AvgIpc) is 3.07. The van der Waals surface area contributed by atoms with Crippen LogP contribution in [-0.4, -0.2) is 39.2 Å². The minimum Gasteiger partial charge on any atom is -0.361 e. The molecule has 20 heavy (non-hydrogen) atoms. The molecule has 0 aromatic carbocycles. The fourth-order valence-electron chi connectivity index (χ4n) is 2.48. The molecule has 0 radical (unpaired) electrons. The maximum Gasteiger partial charge on any atom is 0.276 e. The molecular weight excluding hydrogens is 260 g/mol. The number of nitrogens with zero attached hydrogens (tertiary/aromatic N) is 4. The van der Waals surface area contributed by atoms with Gasteiger partial charge in [0.05, 0.1) is 0 Å². The number of piperidine rings is 1. The highest BCUT2D eigenvalue weighted by Gasteiger charge is 2.29. The zero-order valence-electron chi connectivity index (χ0n) is 11.5. The predicted octanol–water partition coefficient (Wildman–Crippen LogP) is 1.69. The topological polar surface area (TPSA) is 85.3 Å². The summed E-state index contributed by atoms with van der Waals surface area (Å²) in [7, 11) is 0. The zero-order valence-corrected chi connectivity index (χ0v) is 11.5. The molecule has 7 nitrogen and oxygen atoms in total. The Morgan fingerprint density at radius 2 is 2.20 bits per heavy atom. The fourth-order valence-corrected chi connectivity index (χ4v) is 2.48. The van der Waals surface area contributed by atoms with Crippen LogP contribution in [0.5, 0.6) is 0 Å². The number of amides is 1. The van der Waals surface area contributed by atoms with Gasteiger partial charge in [0.2, 0.25) is 5.89 Å². The lowest BCUT2D eigenvalue weighted by Crippen LogP contribution is -2.39. The van der Waals surface area contributed by atoms with Gasteiger partial charge in [0.25, 0.3) is 5.91 Å².